The average molecular weight is 363 g/mol. The molecule has 8 heteroatoms. The van der Waals surface area contributed by atoms with Gasteiger partial charge in [-0.2, -0.15) is 0 Å². The zero-order chi connectivity index (χ0) is 19.7. The summed E-state index contributed by atoms with van der Waals surface area (Å²) in [4.78, 5) is 30.5. The summed E-state index contributed by atoms with van der Waals surface area (Å²) in [5.74, 6) is -2.40. The second-order valence-electron chi connectivity index (χ2n) is 5.85. The van der Waals surface area contributed by atoms with Gasteiger partial charge in [0.15, 0.2) is 5.60 Å². The molecule has 5 N–H and O–H groups in total. The van der Waals surface area contributed by atoms with E-state index in [0.717, 1.165) is 0 Å². The third-order valence-corrected chi connectivity index (χ3v) is 3.87. The highest BCUT2D eigenvalue weighted by Crippen LogP contribution is 2.30. The number of aliphatic hydroxyl groups is 1. The number of aryl methyl sites for hydroxylation is 1. The fourth-order valence-electron chi connectivity index (χ4n) is 2.67. The highest BCUT2D eigenvalue weighted by Gasteiger charge is 2.40. The summed E-state index contributed by atoms with van der Waals surface area (Å²) in [6, 6.07) is 9.06. The van der Waals surface area contributed by atoms with Gasteiger partial charge in [0.2, 0.25) is 0 Å². The predicted octanol–water partition coefficient (Wildman–Crippen LogP) is 0.648. The van der Waals surface area contributed by atoms with Gasteiger partial charge in [-0.1, -0.05) is 30.2 Å². The molecule has 1 aliphatic carbocycles. The summed E-state index contributed by atoms with van der Waals surface area (Å²) >= 11 is 0. The van der Waals surface area contributed by atoms with Gasteiger partial charge in [-0.05, 0) is 24.0 Å². The fraction of sp³-hybridized carbons (Fsp3) is 0.389. The van der Waals surface area contributed by atoms with E-state index in [0.29, 0.717) is 12.6 Å². The summed E-state index contributed by atoms with van der Waals surface area (Å²) in [6.07, 6.45) is 5.29. The van der Waals surface area contributed by atoms with Crippen LogP contribution in [0.5, 0.6) is 0 Å². The lowest BCUT2D eigenvalue weighted by atomic mass is 9.96. The Balaban J connectivity index is 0.000000260. The van der Waals surface area contributed by atoms with Crippen LogP contribution in [0.25, 0.3) is 0 Å². The van der Waals surface area contributed by atoms with Crippen LogP contribution < -0.4 is 5.32 Å². The van der Waals surface area contributed by atoms with Crippen molar-refractivity contribution in [1.29, 1.82) is 0 Å². The summed E-state index contributed by atoms with van der Waals surface area (Å²) < 4.78 is 0. The van der Waals surface area contributed by atoms with Crippen molar-refractivity contribution < 1.29 is 34.8 Å². The number of terminal acetylenes is 1. The highest BCUT2D eigenvalue weighted by molar-refractivity contribution is 5.88. The van der Waals surface area contributed by atoms with E-state index in [2.05, 4.69) is 35.5 Å². The standard InChI is InChI=1S/C12H13N.C6H8O7/c1-2-9-13-12-8-7-10-5-3-4-6-11(10)12;7-3(8)1-6(13,5(11)12)2-4(9)10/h1,3-6,12-13H,7-9H2;13H,1-2H2,(H,7,8)(H,9,10)(H,11,12)/t12-;/m1./s1. The van der Waals surface area contributed by atoms with Gasteiger partial charge in [0, 0.05) is 6.04 Å². The van der Waals surface area contributed by atoms with E-state index in [9.17, 15) is 14.4 Å². The van der Waals surface area contributed by atoms with Gasteiger partial charge < -0.3 is 20.4 Å². The Morgan fingerprint density at radius 2 is 1.73 bits per heavy atom. The van der Waals surface area contributed by atoms with Gasteiger partial charge in [0.05, 0.1) is 19.4 Å². The number of hydrogen-bond donors (Lipinski definition) is 5. The maximum atomic E-state index is 10.3. The first-order valence-electron chi connectivity index (χ1n) is 7.83. The molecule has 0 amide bonds. The number of rotatable bonds is 7. The fourth-order valence-corrected chi connectivity index (χ4v) is 2.67. The maximum absolute atomic E-state index is 10.3. The molecule has 8 nitrogen and oxygen atoms in total. The molecule has 26 heavy (non-hydrogen) atoms. The first-order valence-corrected chi connectivity index (χ1v) is 7.83. The lowest BCUT2D eigenvalue weighted by molar-refractivity contribution is -0.170. The topological polar surface area (TPSA) is 144 Å². The second kappa shape index (κ2) is 9.56. The monoisotopic (exact) mass is 363 g/mol. The number of benzene rings is 1. The number of carbonyl (C=O) groups is 3. The lowest BCUT2D eigenvalue weighted by Crippen LogP contribution is -2.42. The molecule has 1 aromatic carbocycles. The normalized spacial score (nSPS) is 15.2. The number of carboxylic acids is 3. The Morgan fingerprint density at radius 1 is 1.15 bits per heavy atom. The molecule has 0 heterocycles. The summed E-state index contributed by atoms with van der Waals surface area (Å²) in [7, 11) is 0. The van der Waals surface area contributed by atoms with Gasteiger partial charge in [-0.15, -0.1) is 6.42 Å². The number of nitrogens with one attached hydrogen (secondary N) is 1. The minimum absolute atomic E-state index is 0.479. The largest absolute Gasteiger partial charge is 0.481 e. The Kier molecular flexibility index (Phi) is 7.77. The molecule has 0 saturated heterocycles. The Morgan fingerprint density at radius 3 is 2.23 bits per heavy atom. The Bertz CT molecular complexity index is 692. The van der Waals surface area contributed by atoms with Crippen LogP contribution in [0.15, 0.2) is 24.3 Å². The highest BCUT2D eigenvalue weighted by atomic mass is 16.4. The maximum Gasteiger partial charge on any atom is 0.336 e. The van der Waals surface area contributed by atoms with Crippen LogP contribution >= 0.6 is 0 Å². The van der Waals surface area contributed by atoms with Gasteiger partial charge in [0.1, 0.15) is 0 Å². The molecule has 0 saturated carbocycles. The zero-order valence-electron chi connectivity index (χ0n) is 14.0. The minimum Gasteiger partial charge on any atom is -0.481 e. The van der Waals surface area contributed by atoms with E-state index >= 15 is 0 Å². The van der Waals surface area contributed by atoms with Crippen molar-refractivity contribution in [2.75, 3.05) is 6.54 Å². The molecule has 1 aliphatic rings. The molecule has 1 aromatic rings. The molecule has 0 aliphatic heterocycles. The SMILES string of the molecule is C#CCN[C@@H]1CCc2ccccc21.O=C(O)CC(O)(CC(=O)O)C(=O)O. The van der Waals surface area contributed by atoms with Crippen molar-refractivity contribution >= 4 is 17.9 Å². The van der Waals surface area contributed by atoms with E-state index in [-0.39, 0.29) is 0 Å². The number of aliphatic carboxylic acids is 3. The van der Waals surface area contributed by atoms with Gasteiger partial charge in [0.25, 0.3) is 0 Å². The number of fused-ring (bicyclic) bond motifs is 1. The number of hydrogen-bond acceptors (Lipinski definition) is 5. The van der Waals surface area contributed by atoms with E-state index < -0.39 is 36.4 Å². The molecular formula is C18H21NO7. The summed E-state index contributed by atoms with van der Waals surface area (Å²) in [5.41, 5.74) is 0.160. The molecule has 0 aromatic heterocycles. The van der Waals surface area contributed by atoms with Crippen LogP contribution in [0.2, 0.25) is 0 Å². The van der Waals surface area contributed by atoms with Gasteiger partial charge in [-0.25, -0.2) is 4.79 Å². The zero-order valence-corrected chi connectivity index (χ0v) is 14.0. The van der Waals surface area contributed by atoms with Crippen molar-refractivity contribution in [3.8, 4) is 12.3 Å². The van der Waals surface area contributed by atoms with Crippen molar-refractivity contribution in [1.82, 2.24) is 5.32 Å². The average Bonchev–Trinajstić information content (AvgIpc) is 2.95. The molecule has 0 bridgehead atoms. The third-order valence-electron chi connectivity index (χ3n) is 3.87. The van der Waals surface area contributed by atoms with Crippen molar-refractivity contribution in [3.63, 3.8) is 0 Å². The third kappa shape index (κ3) is 6.20. The molecule has 1 atom stereocenters. The lowest BCUT2D eigenvalue weighted by Gasteiger charge is -2.18. The quantitative estimate of drug-likeness (QED) is 0.444. The first kappa shape index (κ1) is 21.2. The van der Waals surface area contributed by atoms with Crippen LogP contribution in [-0.2, 0) is 20.8 Å². The van der Waals surface area contributed by atoms with E-state index in [4.69, 9.17) is 26.8 Å². The molecular weight excluding hydrogens is 342 g/mol. The smallest absolute Gasteiger partial charge is 0.336 e. The van der Waals surface area contributed by atoms with Crippen molar-refractivity contribution in [2.24, 2.45) is 0 Å². The van der Waals surface area contributed by atoms with Crippen molar-refractivity contribution in [2.45, 2.75) is 37.3 Å². The van der Waals surface area contributed by atoms with Crippen LogP contribution in [-0.4, -0.2) is 50.5 Å². The van der Waals surface area contributed by atoms with Crippen LogP contribution in [0.4, 0.5) is 0 Å². The summed E-state index contributed by atoms with van der Waals surface area (Å²) in [6.45, 7) is 0.666. The molecule has 140 valence electrons. The molecule has 0 fully saturated rings. The Labute approximate surface area is 150 Å². The van der Waals surface area contributed by atoms with Crippen molar-refractivity contribution in [3.05, 3.63) is 35.4 Å². The molecule has 0 unspecified atom stereocenters. The van der Waals surface area contributed by atoms with E-state index in [1.807, 2.05) is 0 Å². The van der Waals surface area contributed by atoms with Crippen LogP contribution in [0.3, 0.4) is 0 Å². The van der Waals surface area contributed by atoms with E-state index in [1.54, 1.807) is 0 Å². The van der Waals surface area contributed by atoms with Gasteiger partial charge >= 0.3 is 17.9 Å². The number of carboxylic acid groups (broad SMARTS) is 3. The Hall–Kier alpha value is -2.89. The minimum atomic E-state index is -2.74. The molecule has 2 rings (SSSR count). The van der Waals surface area contributed by atoms with Gasteiger partial charge in [-0.3, -0.25) is 14.9 Å². The molecule has 0 spiro atoms. The first-order chi connectivity index (χ1) is 12.2. The predicted molar refractivity (Wildman–Crippen MR) is 91.4 cm³/mol. The molecule has 0 radical (unpaired) electrons. The van der Waals surface area contributed by atoms with Crippen LogP contribution in [0.1, 0.15) is 36.4 Å². The summed E-state index contributed by atoms with van der Waals surface area (Å²) in [5, 5.41) is 37.2. The second-order valence-corrected chi connectivity index (χ2v) is 5.85. The van der Waals surface area contributed by atoms with Crippen LogP contribution in [0, 0.1) is 12.3 Å². The van der Waals surface area contributed by atoms with E-state index in [1.165, 1.54) is 24.0 Å².